The number of ether oxygens (including phenoxy) is 1. The number of morpholine rings is 1. The molecule has 0 radical (unpaired) electrons. The van der Waals surface area contributed by atoms with Crippen LogP contribution in [0.3, 0.4) is 0 Å². The first-order valence-electron chi connectivity index (χ1n) is 8.85. The van der Waals surface area contributed by atoms with Crippen LogP contribution in [0, 0.1) is 0 Å². The van der Waals surface area contributed by atoms with E-state index in [-0.39, 0.29) is 12.1 Å². The fraction of sp³-hybridized carbons (Fsp3) is 0.812. The molecule has 3 rings (SSSR count). The molecular formula is C16H27N5O2. The second-order valence-corrected chi connectivity index (χ2v) is 6.50. The smallest absolute Gasteiger partial charge is 0.324 e. The van der Waals surface area contributed by atoms with Gasteiger partial charge in [0.05, 0.1) is 18.8 Å². The topological polar surface area (TPSA) is 72.3 Å². The van der Waals surface area contributed by atoms with Gasteiger partial charge in [0.25, 0.3) is 0 Å². The Morgan fingerprint density at radius 3 is 3.00 bits per heavy atom. The Bertz CT molecular complexity index is 510. The standard InChI is InChI=1S/C16H27N5O2/c1-2-6-14-11-20(9-10-23-14)16(22)18-15-17-12-21(19-15)13-7-4-3-5-8-13/h12-14H,2-11H2,1H3,(H,18,19,22). The first-order chi connectivity index (χ1) is 11.3. The molecule has 1 N–H and O–H groups in total. The molecule has 0 spiro atoms. The van der Waals surface area contributed by atoms with E-state index in [0.717, 1.165) is 25.7 Å². The summed E-state index contributed by atoms with van der Waals surface area (Å²) in [6.45, 7) is 3.99. The molecule has 1 atom stereocenters. The number of nitrogens with zero attached hydrogens (tertiary/aromatic N) is 4. The first-order valence-corrected chi connectivity index (χ1v) is 8.85. The van der Waals surface area contributed by atoms with Gasteiger partial charge in [-0.3, -0.25) is 5.32 Å². The maximum absolute atomic E-state index is 12.4. The van der Waals surface area contributed by atoms with Crippen LogP contribution in [0.25, 0.3) is 0 Å². The van der Waals surface area contributed by atoms with Gasteiger partial charge in [0.15, 0.2) is 0 Å². The summed E-state index contributed by atoms with van der Waals surface area (Å²) in [6.07, 6.45) is 10.0. The summed E-state index contributed by atoms with van der Waals surface area (Å²) in [4.78, 5) is 18.4. The van der Waals surface area contributed by atoms with Gasteiger partial charge in [-0.05, 0) is 19.3 Å². The van der Waals surface area contributed by atoms with E-state index < -0.39 is 0 Å². The van der Waals surface area contributed by atoms with Crippen molar-refractivity contribution in [1.29, 1.82) is 0 Å². The number of hydrogen-bond acceptors (Lipinski definition) is 4. The molecule has 1 saturated heterocycles. The Kier molecular flexibility index (Phi) is 5.48. The fourth-order valence-corrected chi connectivity index (χ4v) is 3.43. The molecule has 128 valence electrons. The van der Waals surface area contributed by atoms with E-state index in [9.17, 15) is 4.79 Å². The highest BCUT2D eigenvalue weighted by atomic mass is 16.5. The lowest BCUT2D eigenvalue weighted by atomic mass is 9.96. The van der Waals surface area contributed by atoms with Crippen LogP contribution in [0.15, 0.2) is 6.33 Å². The summed E-state index contributed by atoms with van der Waals surface area (Å²) >= 11 is 0. The first kappa shape index (κ1) is 16.2. The third-order valence-electron chi connectivity index (χ3n) is 4.71. The molecule has 0 aromatic carbocycles. The average Bonchev–Trinajstić information content (AvgIpc) is 3.05. The number of carbonyl (C=O) groups is 1. The van der Waals surface area contributed by atoms with Gasteiger partial charge < -0.3 is 9.64 Å². The lowest BCUT2D eigenvalue weighted by Crippen LogP contribution is -2.47. The molecule has 1 aliphatic carbocycles. The highest BCUT2D eigenvalue weighted by Gasteiger charge is 2.24. The minimum Gasteiger partial charge on any atom is -0.375 e. The molecule has 7 nitrogen and oxygen atoms in total. The van der Waals surface area contributed by atoms with Crippen LogP contribution in [-0.4, -0.2) is 51.5 Å². The second-order valence-electron chi connectivity index (χ2n) is 6.50. The molecule has 7 heteroatoms. The minimum atomic E-state index is -0.129. The molecule has 2 heterocycles. The van der Waals surface area contributed by atoms with Gasteiger partial charge in [0, 0.05) is 13.1 Å². The number of hydrogen-bond donors (Lipinski definition) is 1. The summed E-state index contributed by atoms with van der Waals surface area (Å²) in [5.41, 5.74) is 0. The molecule has 2 fully saturated rings. The zero-order valence-corrected chi connectivity index (χ0v) is 13.9. The van der Waals surface area contributed by atoms with Crippen molar-refractivity contribution in [2.24, 2.45) is 0 Å². The maximum Gasteiger partial charge on any atom is 0.324 e. The molecule has 2 aliphatic rings. The number of urea groups is 1. The minimum absolute atomic E-state index is 0.129. The number of anilines is 1. The third kappa shape index (κ3) is 4.22. The van der Waals surface area contributed by atoms with Crippen molar-refractivity contribution in [3.63, 3.8) is 0 Å². The van der Waals surface area contributed by atoms with Crippen molar-refractivity contribution < 1.29 is 9.53 Å². The summed E-state index contributed by atoms with van der Waals surface area (Å²) < 4.78 is 7.59. The number of carbonyl (C=O) groups excluding carboxylic acids is 1. The van der Waals surface area contributed by atoms with Crippen LogP contribution in [0.5, 0.6) is 0 Å². The van der Waals surface area contributed by atoms with Gasteiger partial charge >= 0.3 is 6.03 Å². The summed E-state index contributed by atoms with van der Waals surface area (Å²) in [5.74, 6) is 0.402. The number of nitrogens with one attached hydrogen (secondary N) is 1. The van der Waals surface area contributed by atoms with Crippen LogP contribution in [0.2, 0.25) is 0 Å². The van der Waals surface area contributed by atoms with E-state index in [2.05, 4.69) is 22.3 Å². The third-order valence-corrected chi connectivity index (χ3v) is 4.71. The van der Waals surface area contributed by atoms with Gasteiger partial charge in [0.2, 0.25) is 5.95 Å². The predicted molar refractivity (Wildman–Crippen MR) is 87.4 cm³/mol. The molecule has 1 aromatic heterocycles. The molecule has 1 aromatic rings. The SMILES string of the molecule is CCCC1CN(C(=O)Nc2ncn(C3CCCCC3)n2)CCO1. The summed E-state index contributed by atoms with van der Waals surface area (Å²) in [6, 6.07) is 0.301. The number of rotatable bonds is 4. The van der Waals surface area contributed by atoms with Gasteiger partial charge in [-0.25, -0.2) is 14.5 Å². The van der Waals surface area contributed by atoms with Gasteiger partial charge in [-0.15, -0.1) is 5.10 Å². The largest absolute Gasteiger partial charge is 0.375 e. The van der Waals surface area contributed by atoms with Crippen molar-refractivity contribution in [2.45, 2.75) is 64.0 Å². The summed E-state index contributed by atoms with van der Waals surface area (Å²) in [5, 5.41) is 7.26. The lowest BCUT2D eigenvalue weighted by molar-refractivity contribution is -0.0162. The van der Waals surface area contributed by atoms with Gasteiger partial charge in [-0.1, -0.05) is 32.6 Å². The molecule has 2 amide bonds. The molecule has 1 saturated carbocycles. The van der Waals surface area contributed by atoms with Gasteiger partial charge in [0.1, 0.15) is 6.33 Å². The Hall–Kier alpha value is -1.63. The zero-order valence-electron chi connectivity index (χ0n) is 13.9. The maximum atomic E-state index is 12.4. The van der Waals surface area contributed by atoms with Gasteiger partial charge in [-0.2, -0.15) is 0 Å². The highest BCUT2D eigenvalue weighted by molar-refractivity contribution is 5.87. The van der Waals surface area contributed by atoms with E-state index in [4.69, 9.17) is 4.74 Å². The van der Waals surface area contributed by atoms with Crippen LogP contribution in [0.4, 0.5) is 10.7 Å². The van der Waals surface area contributed by atoms with E-state index in [0.29, 0.717) is 31.7 Å². The van der Waals surface area contributed by atoms with Crippen molar-refractivity contribution in [1.82, 2.24) is 19.7 Å². The molecule has 0 bridgehead atoms. The fourth-order valence-electron chi connectivity index (χ4n) is 3.43. The number of amides is 2. The number of aromatic nitrogens is 3. The second kappa shape index (κ2) is 7.77. The molecular weight excluding hydrogens is 294 g/mol. The van der Waals surface area contributed by atoms with Crippen molar-refractivity contribution in [3.05, 3.63) is 6.33 Å². The lowest BCUT2D eigenvalue weighted by Gasteiger charge is -2.32. The Labute approximate surface area is 137 Å². The van der Waals surface area contributed by atoms with Crippen molar-refractivity contribution >= 4 is 12.0 Å². The van der Waals surface area contributed by atoms with Crippen molar-refractivity contribution in [2.75, 3.05) is 25.0 Å². The van der Waals surface area contributed by atoms with Crippen LogP contribution in [-0.2, 0) is 4.74 Å². The Balaban J connectivity index is 1.54. The Morgan fingerprint density at radius 1 is 1.39 bits per heavy atom. The molecule has 1 aliphatic heterocycles. The van der Waals surface area contributed by atoms with E-state index in [1.807, 2.05) is 4.68 Å². The van der Waals surface area contributed by atoms with Crippen LogP contribution >= 0.6 is 0 Å². The van der Waals surface area contributed by atoms with E-state index >= 15 is 0 Å². The highest BCUT2D eigenvalue weighted by Crippen LogP contribution is 2.27. The summed E-state index contributed by atoms with van der Waals surface area (Å²) in [7, 11) is 0. The normalized spacial score (nSPS) is 23.0. The predicted octanol–water partition coefficient (Wildman–Crippen LogP) is 2.82. The quantitative estimate of drug-likeness (QED) is 0.925. The Morgan fingerprint density at radius 2 is 2.22 bits per heavy atom. The van der Waals surface area contributed by atoms with Crippen LogP contribution in [0.1, 0.15) is 57.9 Å². The van der Waals surface area contributed by atoms with E-state index in [1.165, 1.54) is 19.3 Å². The molecule has 23 heavy (non-hydrogen) atoms. The van der Waals surface area contributed by atoms with Crippen molar-refractivity contribution in [3.8, 4) is 0 Å². The zero-order chi connectivity index (χ0) is 16.1. The van der Waals surface area contributed by atoms with E-state index in [1.54, 1.807) is 11.2 Å². The monoisotopic (exact) mass is 321 g/mol. The average molecular weight is 321 g/mol. The molecule has 1 unspecified atom stereocenters. The van der Waals surface area contributed by atoms with Crippen LogP contribution < -0.4 is 5.32 Å².